The third-order valence-electron chi connectivity index (χ3n) is 2.97. The average molecular weight is 269 g/mol. The summed E-state index contributed by atoms with van der Waals surface area (Å²) in [6.07, 6.45) is 0. The van der Waals surface area contributed by atoms with E-state index in [4.69, 9.17) is 0 Å². The van der Waals surface area contributed by atoms with Crippen molar-refractivity contribution in [3.05, 3.63) is 52.5 Å². The van der Waals surface area contributed by atoms with Gasteiger partial charge < -0.3 is 5.32 Å². The van der Waals surface area contributed by atoms with Gasteiger partial charge in [0.1, 0.15) is 10.8 Å². The minimum absolute atomic E-state index is 0.173. The first kappa shape index (κ1) is 12.1. The first-order valence-corrected chi connectivity index (χ1v) is 7.15. The highest BCUT2D eigenvalue weighted by Gasteiger charge is 2.09. The second kappa shape index (κ2) is 4.97. The Morgan fingerprint density at radius 2 is 1.95 bits per heavy atom. The number of anilines is 1. The van der Waals surface area contributed by atoms with Gasteiger partial charge in [-0.15, -0.1) is 11.3 Å². The largest absolute Gasteiger partial charge is 0.361 e. The molecule has 0 bridgehead atoms. The lowest BCUT2D eigenvalue weighted by atomic mass is 10.2. The fraction of sp³-hybridized carbons (Fsp3) is 0.200. The molecule has 3 aromatic rings. The van der Waals surface area contributed by atoms with Crippen molar-refractivity contribution >= 4 is 28.1 Å². The molecule has 19 heavy (non-hydrogen) atoms. The molecule has 0 saturated heterocycles. The van der Waals surface area contributed by atoms with Crippen molar-refractivity contribution in [1.82, 2.24) is 9.97 Å². The van der Waals surface area contributed by atoms with Crippen molar-refractivity contribution in [3.8, 4) is 0 Å². The summed E-state index contributed by atoms with van der Waals surface area (Å²) >= 11 is 1.68. The Hall–Kier alpha value is -1.94. The summed E-state index contributed by atoms with van der Waals surface area (Å²) < 4.78 is 0. The zero-order chi connectivity index (χ0) is 13.2. The maximum atomic E-state index is 4.61. The Balaban J connectivity index is 1.84. The SMILES string of the molecule is Cc1csc(C(C)Nc2ccc3ccccc3n2)n1. The van der Waals surface area contributed by atoms with Crippen molar-refractivity contribution in [2.45, 2.75) is 19.9 Å². The molecule has 0 aliphatic heterocycles. The second-order valence-electron chi connectivity index (χ2n) is 4.58. The number of pyridine rings is 1. The van der Waals surface area contributed by atoms with E-state index in [1.165, 1.54) is 0 Å². The summed E-state index contributed by atoms with van der Waals surface area (Å²) in [5.74, 6) is 0.888. The molecule has 2 heterocycles. The number of hydrogen-bond donors (Lipinski definition) is 1. The molecular formula is C15H15N3S. The molecule has 1 aromatic carbocycles. The predicted octanol–water partition coefficient (Wildman–Crippen LogP) is 4.17. The van der Waals surface area contributed by atoms with Gasteiger partial charge in [0.05, 0.1) is 11.6 Å². The molecule has 3 nitrogen and oxygen atoms in total. The Morgan fingerprint density at radius 3 is 2.74 bits per heavy atom. The number of thiazole rings is 1. The molecule has 1 atom stereocenters. The number of aromatic nitrogens is 2. The number of nitrogens with one attached hydrogen (secondary N) is 1. The summed E-state index contributed by atoms with van der Waals surface area (Å²) in [4.78, 5) is 9.11. The number of rotatable bonds is 3. The molecule has 4 heteroatoms. The zero-order valence-electron chi connectivity index (χ0n) is 10.9. The molecule has 2 aromatic heterocycles. The van der Waals surface area contributed by atoms with Gasteiger partial charge in [-0.1, -0.05) is 18.2 Å². The number of para-hydroxylation sites is 1. The Labute approximate surface area is 116 Å². The molecule has 0 saturated carbocycles. The quantitative estimate of drug-likeness (QED) is 0.775. The topological polar surface area (TPSA) is 37.8 Å². The van der Waals surface area contributed by atoms with Gasteiger partial charge in [-0.2, -0.15) is 0 Å². The zero-order valence-corrected chi connectivity index (χ0v) is 11.7. The summed E-state index contributed by atoms with van der Waals surface area (Å²) in [7, 11) is 0. The second-order valence-corrected chi connectivity index (χ2v) is 5.47. The third kappa shape index (κ3) is 2.58. The van der Waals surface area contributed by atoms with Crippen molar-refractivity contribution in [2.75, 3.05) is 5.32 Å². The first-order valence-electron chi connectivity index (χ1n) is 6.27. The van der Waals surface area contributed by atoms with Crippen LogP contribution < -0.4 is 5.32 Å². The lowest BCUT2D eigenvalue weighted by Gasteiger charge is -2.12. The molecule has 0 radical (unpaired) electrons. The molecule has 96 valence electrons. The van der Waals surface area contributed by atoms with Crippen molar-refractivity contribution in [3.63, 3.8) is 0 Å². The van der Waals surface area contributed by atoms with E-state index in [0.717, 1.165) is 27.4 Å². The highest BCUT2D eigenvalue weighted by molar-refractivity contribution is 7.09. The van der Waals surface area contributed by atoms with Crippen LogP contribution in [0.3, 0.4) is 0 Å². The standard InChI is InChI=1S/C15H15N3S/c1-10-9-19-15(16-10)11(2)17-14-8-7-12-5-3-4-6-13(12)18-14/h3-9,11H,1-2H3,(H,17,18). The maximum Gasteiger partial charge on any atom is 0.127 e. The van der Waals surface area contributed by atoms with Gasteiger partial charge in [-0.3, -0.25) is 0 Å². The van der Waals surface area contributed by atoms with Gasteiger partial charge in [0, 0.05) is 16.5 Å². The first-order chi connectivity index (χ1) is 9.22. The van der Waals surface area contributed by atoms with Crippen molar-refractivity contribution < 1.29 is 0 Å². The number of nitrogens with zero attached hydrogens (tertiary/aromatic N) is 2. The average Bonchev–Trinajstić information content (AvgIpc) is 2.85. The van der Waals surface area contributed by atoms with Gasteiger partial charge in [0.15, 0.2) is 0 Å². The summed E-state index contributed by atoms with van der Waals surface area (Å²) in [6.45, 7) is 4.12. The minimum atomic E-state index is 0.173. The normalized spacial score (nSPS) is 12.5. The van der Waals surface area contributed by atoms with E-state index in [1.807, 2.05) is 31.2 Å². The Bertz CT molecular complexity index is 705. The summed E-state index contributed by atoms with van der Waals surface area (Å²) in [5, 5.41) is 7.72. The van der Waals surface area contributed by atoms with E-state index in [0.29, 0.717) is 0 Å². The van der Waals surface area contributed by atoms with Crippen LogP contribution in [0.4, 0.5) is 5.82 Å². The minimum Gasteiger partial charge on any atom is -0.361 e. The van der Waals surface area contributed by atoms with E-state index in [9.17, 15) is 0 Å². The highest BCUT2D eigenvalue weighted by atomic mass is 32.1. The van der Waals surface area contributed by atoms with Crippen molar-refractivity contribution in [2.24, 2.45) is 0 Å². The molecule has 0 aliphatic rings. The van der Waals surface area contributed by atoms with E-state index >= 15 is 0 Å². The van der Waals surface area contributed by atoms with Gasteiger partial charge in [0.2, 0.25) is 0 Å². The van der Waals surface area contributed by atoms with Crippen LogP contribution in [0.1, 0.15) is 23.7 Å². The Kier molecular flexibility index (Phi) is 3.17. The highest BCUT2D eigenvalue weighted by Crippen LogP contribution is 2.22. The van der Waals surface area contributed by atoms with Crippen LogP contribution in [0.15, 0.2) is 41.8 Å². The lowest BCUT2D eigenvalue weighted by Crippen LogP contribution is -2.07. The summed E-state index contributed by atoms with van der Waals surface area (Å²) in [5.41, 5.74) is 2.08. The van der Waals surface area contributed by atoms with Gasteiger partial charge in [-0.25, -0.2) is 9.97 Å². The lowest BCUT2D eigenvalue weighted by molar-refractivity contribution is 0.857. The van der Waals surface area contributed by atoms with Crippen LogP contribution in [-0.2, 0) is 0 Å². The number of aryl methyl sites for hydroxylation is 1. The van der Waals surface area contributed by atoms with Gasteiger partial charge in [0.25, 0.3) is 0 Å². The van der Waals surface area contributed by atoms with Crippen LogP contribution in [0, 0.1) is 6.92 Å². The maximum absolute atomic E-state index is 4.61. The molecule has 0 amide bonds. The smallest absolute Gasteiger partial charge is 0.127 e. The van der Waals surface area contributed by atoms with E-state index in [-0.39, 0.29) is 6.04 Å². The molecule has 1 unspecified atom stereocenters. The molecule has 1 N–H and O–H groups in total. The fourth-order valence-corrected chi connectivity index (χ4v) is 2.80. The van der Waals surface area contributed by atoms with Crippen LogP contribution in [0.5, 0.6) is 0 Å². The number of hydrogen-bond acceptors (Lipinski definition) is 4. The fourth-order valence-electron chi connectivity index (χ4n) is 2.00. The van der Waals surface area contributed by atoms with E-state index in [1.54, 1.807) is 11.3 Å². The molecule has 3 rings (SSSR count). The number of fused-ring (bicyclic) bond motifs is 1. The van der Waals surface area contributed by atoms with E-state index < -0.39 is 0 Å². The van der Waals surface area contributed by atoms with Gasteiger partial charge in [-0.05, 0) is 32.0 Å². The van der Waals surface area contributed by atoms with Crippen LogP contribution in [0.2, 0.25) is 0 Å². The molecule has 0 fully saturated rings. The van der Waals surface area contributed by atoms with Crippen molar-refractivity contribution in [1.29, 1.82) is 0 Å². The van der Waals surface area contributed by atoms with Crippen LogP contribution in [-0.4, -0.2) is 9.97 Å². The van der Waals surface area contributed by atoms with Gasteiger partial charge >= 0.3 is 0 Å². The Morgan fingerprint density at radius 1 is 1.11 bits per heavy atom. The van der Waals surface area contributed by atoms with Crippen LogP contribution in [0.25, 0.3) is 10.9 Å². The van der Waals surface area contributed by atoms with E-state index in [2.05, 4.69) is 39.7 Å². The predicted molar refractivity (Wildman–Crippen MR) is 80.6 cm³/mol. The molecule has 0 aliphatic carbocycles. The molecule has 0 spiro atoms. The van der Waals surface area contributed by atoms with Crippen LogP contribution >= 0.6 is 11.3 Å². The molecular weight excluding hydrogens is 254 g/mol. The summed E-state index contributed by atoms with van der Waals surface area (Å²) in [6, 6.07) is 12.4. The monoisotopic (exact) mass is 269 g/mol. The third-order valence-corrected chi connectivity index (χ3v) is 4.12. The number of benzene rings is 1.